The zero-order chi connectivity index (χ0) is 11.7. The highest BCUT2D eigenvalue weighted by Gasteiger charge is 2.22. The molecule has 1 heterocycles. The van der Waals surface area contributed by atoms with Gasteiger partial charge in [-0.25, -0.2) is 0 Å². The summed E-state index contributed by atoms with van der Waals surface area (Å²) < 4.78 is 2.00. The van der Waals surface area contributed by atoms with Gasteiger partial charge in [-0.3, -0.25) is 4.68 Å². The summed E-state index contributed by atoms with van der Waals surface area (Å²) in [7, 11) is 4.21. The number of halogens is 1. The van der Waals surface area contributed by atoms with Crippen molar-refractivity contribution in [3.05, 3.63) is 11.3 Å². The molecule has 16 heavy (non-hydrogen) atoms. The van der Waals surface area contributed by atoms with E-state index in [1.807, 2.05) is 11.7 Å². The van der Waals surface area contributed by atoms with Crippen LogP contribution in [-0.2, 0) is 12.4 Å². The predicted molar refractivity (Wildman–Crippen MR) is 71.2 cm³/mol. The van der Waals surface area contributed by atoms with Gasteiger partial charge in [0.1, 0.15) is 5.82 Å². The molecule has 0 N–H and O–H groups in total. The van der Waals surface area contributed by atoms with E-state index in [0.717, 1.165) is 16.9 Å². The molecule has 1 fully saturated rings. The maximum atomic E-state index is 4.50. The van der Waals surface area contributed by atoms with Gasteiger partial charge in [-0.2, -0.15) is 5.10 Å². The number of aryl methyl sites for hydroxylation is 2. The van der Waals surface area contributed by atoms with Crippen LogP contribution in [0.25, 0.3) is 0 Å². The average Bonchev–Trinajstić information content (AvgIpc) is 2.46. The molecule has 0 saturated heterocycles. The monoisotopic (exact) mass is 285 g/mol. The predicted octanol–water partition coefficient (Wildman–Crippen LogP) is 2.86. The fourth-order valence-electron chi connectivity index (χ4n) is 2.47. The van der Waals surface area contributed by atoms with E-state index in [0.29, 0.717) is 0 Å². The zero-order valence-electron chi connectivity index (χ0n) is 10.3. The summed E-state index contributed by atoms with van der Waals surface area (Å²) in [4.78, 5) is 2.36. The molecule has 1 aliphatic carbocycles. The minimum atomic E-state index is 0.886. The van der Waals surface area contributed by atoms with Gasteiger partial charge in [-0.05, 0) is 25.7 Å². The summed E-state index contributed by atoms with van der Waals surface area (Å²) in [5, 5.41) is 5.38. The van der Waals surface area contributed by atoms with Crippen LogP contribution in [0.5, 0.6) is 0 Å². The molecule has 0 aliphatic heterocycles. The fraction of sp³-hybridized carbons (Fsp3) is 0.750. The molecule has 0 atom stereocenters. The summed E-state index contributed by atoms with van der Waals surface area (Å²) in [6.45, 7) is 3.25. The molecule has 3 nitrogen and oxygen atoms in total. The number of aromatic nitrogens is 2. The summed E-state index contributed by atoms with van der Waals surface area (Å²) in [5.41, 5.74) is 2.46. The highest BCUT2D eigenvalue weighted by Crippen LogP contribution is 2.30. The zero-order valence-corrected chi connectivity index (χ0v) is 11.9. The summed E-state index contributed by atoms with van der Waals surface area (Å²) in [5.74, 6) is 2.16. The van der Waals surface area contributed by atoms with Crippen LogP contribution < -0.4 is 4.90 Å². The molecule has 2 rings (SSSR count). The Labute approximate surface area is 106 Å². The Bertz CT molecular complexity index is 369. The van der Waals surface area contributed by atoms with Gasteiger partial charge in [0.15, 0.2) is 0 Å². The molecule has 4 heteroatoms. The van der Waals surface area contributed by atoms with Crippen LogP contribution in [0, 0.1) is 12.8 Å². The third-order valence-electron chi connectivity index (χ3n) is 3.57. The lowest BCUT2D eigenvalue weighted by Crippen LogP contribution is -2.31. The Balaban J connectivity index is 2.16. The van der Waals surface area contributed by atoms with Crippen molar-refractivity contribution >= 4 is 21.7 Å². The molecule has 0 spiro atoms. The molecular weight excluding hydrogens is 266 g/mol. The number of anilines is 1. The van der Waals surface area contributed by atoms with Crippen LogP contribution in [0.3, 0.4) is 0 Å². The molecular formula is C12H20BrN3. The van der Waals surface area contributed by atoms with Crippen LogP contribution in [0.4, 0.5) is 5.82 Å². The van der Waals surface area contributed by atoms with E-state index in [2.05, 4.69) is 39.9 Å². The highest BCUT2D eigenvalue weighted by molar-refractivity contribution is 9.08. The van der Waals surface area contributed by atoms with Gasteiger partial charge in [-0.15, -0.1) is 0 Å². The molecule has 90 valence electrons. The van der Waals surface area contributed by atoms with E-state index in [-0.39, 0.29) is 0 Å². The lowest BCUT2D eigenvalue weighted by Gasteiger charge is -2.31. The Hall–Kier alpha value is -0.510. The summed E-state index contributed by atoms with van der Waals surface area (Å²) in [6, 6.07) is 0. The summed E-state index contributed by atoms with van der Waals surface area (Å²) in [6.07, 6.45) is 4.20. The van der Waals surface area contributed by atoms with Crippen molar-refractivity contribution in [2.24, 2.45) is 13.0 Å². The van der Waals surface area contributed by atoms with Crippen molar-refractivity contribution < 1.29 is 0 Å². The Morgan fingerprint density at radius 1 is 1.50 bits per heavy atom. The van der Waals surface area contributed by atoms with Crippen molar-refractivity contribution in [3.8, 4) is 0 Å². The minimum absolute atomic E-state index is 0.886. The first-order valence-corrected chi connectivity index (χ1v) is 7.05. The first-order chi connectivity index (χ1) is 7.63. The molecule has 1 aromatic rings. The number of alkyl halides is 1. The van der Waals surface area contributed by atoms with Crippen LogP contribution in [0.1, 0.15) is 30.5 Å². The topological polar surface area (TPSA) is 21.1 Å². The number of hydrogen-bond donors (Lipinski definition) is 0. The average molecular weight is 286 g/mol. The van der Waals surface area contributed by atoms with Crippen molar-refractivity contribution in [1.29, 1.82) is 0 Å². The van der Waals surface area contributed by atoms with Crippen molar-refractivity contribution in [3.63, 3.8) is 0 Å². The maximum absolute atomic E-state index is 4.50. The number of nitrogens with zero attached hydrogens (tertiary/aromatic N) is 3. The Morgan fingerprint density at radius 3 is 2.69 bits per heavy atom. The van der Waals surface area contributed by atoms with Crippen molar-refractivity contribution in [1.82, 2.24) is 9.78 Å². The van der Waals surface area contributed by atoms with Crippen LogP contribution in [0.2, 0.25) is 0 Å². The normalized spacial score (nSPS) is 16.2. The number of rotatable bonds is 4. The van der Waals surface area contributed by atoms with E-state index in [1.54, 1.807) is 0 Å². The van der Waals surface area contributed by atoms with E-state index >= 15 is 0 Å². The smallest absolute Gasteiger partial charge is 0.130 e. The number of hydrogen-bond acceptors (Lipinski definition) is 2. The second-order valence-electron chi connectivity index (χ2n) is 4.82. The highest BCUT2D eigenvalue weighted by atomic mass is 79.9. The van der Waals surface area contributed by atoms with Crippen molar-refractivity contribution in [2.75, 3.05) is 18.5 Å². The lowest BCUT2D eigenvalue weighted by molar-refractivity contribution is 0.320. The third-order valence-corrected chi connectivity index (χ3v) is 4.13. The van der Waals surface area contributed by atoms with Gasteiger partial charge in [0.2, 0.25) is 0 Å². The van der Waals surface area contributed by atoms with Gasteiger partial charge in [0, 0.05) is 31.5 Å². The van der Waals surface area contributed by atoms with Crippen LogP contribution >= 0.6 is 15.9 Å². The van der Waals surface area contributed by atoms with E-state index in [4.69, 9.17) is 0 Å². The van der Waals surface area contributed by atoms with Gasteiger partial charge in [0.25, 0.3) is 0 Å². The second-order valence-corrected chi connectivity index (χ2v) is 5.38. The Morgan fingerprint density at radius 2 is 2.19 bits per heavy atom. The largest absolute Gasteiger partial charge is 0.359 e. The van der Waals surface area contributed by atoms with E-state index in [9.17, 15) is 0 Å². The molecule has 0 aromatic carbocycles. The molecule has 0 amide bonds. The van der Waals surface area contributed by atoms with Gasteiger partial charge in [0.05, 0.1) is 5.69 Å². The van der Waals surface area contributed by atoms with E-state index < -0.39 is 0 Å². The van der Waals surface area contributed by atoms with Crippen molar-refractivity contribution in [2.45, 2.75) is 31.5 Å². The van der Waals surface area contributed by atoms with Gasteiger partial charge in [-0.1, -0.05) is 22.4 Å². The molecule has 1 saturated carbocycles. The molecule has 0 unspecified atom stereocenters. The minimum Gasteiger partial charge on any atom is -0.359 e. The lowest BCUT2D eigenvalue weighted by atomic mass is 9.85. The van der Waals surface area contributed by atoms with E-state index in [1.165, 1.54) is 37.2 Å². The molecule has 0 radical (unpaired) electrons. The van der Waals surface area contributed by atoms with Gasteiger partial charge < -0.3 is 4.90 Å². The third kappa shape index (κ3) is 2.12. The quantitative estimate of drug-likeness (QED) is 0.794. The fourth-order valence-corrected chi connectivity index (χ4v) is 3.13. The second kappa shape index (κ2) is 4.78. The first-order valence-electron chi connectivity index (χ1n) is 5.93. The standard InChI is InChI=1S/C12H20BrN3/c1-9-11(7-13)12(16(3)14-9)15(2)8-10-5-4-6-10/h10H,4-8H2,1-3H3. The van der Waals surface area contributed by atoms with Gasteiger partial charge >= 0.3 is 0 Å². The molecule has 0 bridgehead atoms. The van der Waals surface area contributed by atoms with Crippen LogP contribution in [-0.4, -0.2) is 23.4 Å². The molecule has 1 aliphatic rings. The molecule has 1 aromatic heterocycles. The first kappa shape index (κ1) is 12.0. The maximum Gasteiger partial charge on any atom is 0.130 e. The van der Waals surface area contributed by atoms with Crippen LogP contribution in [0.15, 0.2) is 0 Å². The Kier molecular flexibility index (Phi) is 3.57. The SMILES string of the molecule is Cc1nn(C)c(N(C)CC2CCC2)c1CBr. The summed E-state index contributed by atoms with van der Waals surface area (Å²) >= 11 is 3.56.